The highest BCUT2D eigenvalue weighted by molar-refractivity contribution is 5.90. The lowest BCUT2D eigenvalue weighted by atomic mass is 9.97. The number of carbonyl (C=O) groups is 2. The number of hydrogen-bond acceptors (Lipinski definition) is 5. The summed E-state index contributed by atoms with van der Waals surface area (Å²) in [5.74, 6) is 5.06. The molecule has 1 fully saturated rings. The minimum absolute atomic E-state index is 0.101. The van der Waals surface area contributed by atoms with Gasteiger partial charge in [0.25, 0.3) is 0 Å². The second kappa shape index (κ2) is 5.85. The van der Waals surface area contributed by atoms with Gasteiger partial charge in [0.1, 0.15) is 5.76 Å². The normalized spacial score (nSPS) is 20.2. The molecular weight excluding hydrogens is 248 g/mol. The summed E-state index contributed by atoms with van der Waals surface area (Å²) >= 11 is 0. The second-order valence-electron chi connectivity index (χ2n) is 4.72. The molecule has 0 bridgehead atoms. The summed E-state index contributed by atoms with van der Waals surface area (Å²) in [5, 5.41) is 0. The Bertz CT molecular complexity index is 471. The van der Waals surface area contributed by atoms with Crippen molar-refractivity contribution in [2.45, 2.75) is 19.4 Å². The topological polar surface area (TPSA) is 115 Å². The van der Waals surface area contributed by atoms with Gasteiger partial charge in [-0.2, -0.15) is 0 Å². The molecule has 0 saturated carbocycles. The van der Waals surface area contributed by atoms with E-state index in [1.165, 1.54) is 0 Å². The third-order valence-electron chi connectivity index (χ3n) is 3.30. The molecule has 1 atom stereocenters. The van der Waals surface area contributed by atoms with Crippen LogP contribution in [-0.2, 0) is 11.3 Å². The Labute approximate surface area is 110 Å². The Morgan fingerprint density at radius 3 is 2.95 bits per heavy atom. The van der Waals surface area contributed by atoms with Gasteiger partial charge in [-0.05, 0) is 31.5 Å². The summed E-state index contributed by atoms with van der Waals surface area (Å²) in [5.41, 5.74) is 7.34. The van der Waals surface area contributed by atoms with Gasteiger partial charge in [0.05, 0.1) is 12.5 Å². The maximum absolute atomic E-state index is 11.3. The molecule has 1 aromatic rings. The van der Waals surface area contributed by atoms with Gasteiger partial charge in [-0.15, -0.1) is 0 Å². The molecule has 1 aromatic heterocycles. The summed E-state index contributed by atoms with van der Waals surface area (Å²) in [6.07, 6.45) is 1.77. The molecule has 1 saturated heterocycles. The van der Waals surface area contributed by atoms with Crippen molar-refractivity contribution < 1.29 is 14.0 Å². The number of primary amides is 1. The zero-order chi connectivity index (χ0) is 13.8. The van der Waals surface area contributed by atoms with Gasteiger partial charge in [0.15, 0.2) is 5.76 Å². The van der Waals surface area contributed by atoms with Crippen molar-refractivity contribution in [2.24, 2.45) is 17.5 Å². The second-order valence-corrected chi connectivity index (χ2v) is 4.72. The Morgan fingerprint density at radius 1 is 1.47 bits per heavy atom. The Morgan fingerprint density at radius 2 is 2.26 bits per heavy atom. The maximum atomic E-state index is 11.3. The minimum atomic E-state index is -0.458. The number of carbonyl (C=O) groups excluding carboxylic acids is 2. The number of hydrazine groups is 1. The van der Waals surface area contributed by atoms with E-state index in [1.807, 2.05) is 5.43 Å². The first-order valence-corrected chi connectivity index (χ1v) is 6.21. The molecule has 1 aliphatic rings. The van der Waals surface area contributed by atoms with Crippen LogP contribution in [0.2, 0.25) is 0 Å². The smallest absolute Gasteiger partial charge is 0.300 e. The molecular formula is C12H18N4O3. The van der Waals surface area contributed by atoms with Crippen LogP contribution in [0.3, 0.4) is 0 Å². The van der Waals surface area contributed by atoms with Crippen LogP contribution in [0.1, 0.15) is 29.2 Å². The highest BCUT2D eigenvalue weighted by Gasteiger charge is 2.24. The van der Waals surface area contributed by atoms with Crippen LogP contribution < -0.4 is 17.0 Å². The van der Waals surface area contributed by atoms with Gasteiger partial charge in [0, 0.05) is 6.54 Å². The number of furan rings is 1. The van der Waals surface area contributed by atoms with Crippen LogP contribution in [0.4, 0.5) is 0 Å². The van der Waals surface area contributed by atoms with Crippen molar-refractivity contribution in [1.82, 2.24) is 10.3 Å². The molecule has 19 heavy (non-hydrogen) atoms. The SMILES string of the molecule is NNC(=O)c1ccc(CN2CCCC(C(N)=O)C2)o1. The quantitative estimate of drug-likeness (QED) is 0.389. The molecule has 0 spiro atoms. The first-order valence-electron chi connectivity index (χ1n) is 6.21. The molecule has 104 valence electrons. The zero-order valence-electron chi connectivity index (χ0n) is 10.6. The number of amides is 2. The Kier molecular flexibility index (Phi) is 4.18. The first kappa shape index (κ1) is 13.6. The van der Waals surface area contributed by atoms with Gasteiger partial charge >= 0.3 is 5.91 Å². The highest BCUT2D eigenvalue weighted by Crippen LogP contribution is 2.19. The molecule has 1 aliphatic heterocycles. The number of hydrogen-bond donors (Lipinski definition) is 3. The van der Waals surface area contributed by atoms with Crippen molar-refractivity contribution in [2.75, 3.05) is 13.1 Å². The van der Waals surface area contributed by atoms with Crippen LogP contribution in [0.25, 0.3) is 0 Å². The van der Waals surface area contributed by atoms with Crippen LogP contribution >= 0.6 is 0 Å². The molecule has 0 aromatic carbocycles. The number of rotatable bonds is 4. The van der Waals surface area contributed by atoms with Crippen molar-refractivity contribution in [3.8, 4) is 0 Å². The van der Waals surface area contributed by atoms with E-state index >= 15 is 0 Å². The van der Waals surface area contributed by atoms with Crippen LogP contribution in [0.5, 0.6) is 0 Å². The summed E-state index contributed by atoms with van der Waals surface area (Å²) in [6.45, 7) is 2.08. The lowest BCUT2D eigenvalue weighted by Crippen LogP contribution is -2.40. The lowest BCUT2D eigenvalue weighted by Gasteiger charge is -2.30. The first-order chi connectivity index (χ1) is 9.10. The molecule has 2 rings (SSSR count). The van der Waals surface area contributed by atoms with Crippen molar-refractivity contribution >= 4 is 11.8 Å². The van der Waals surface area contributed by atoms with E-state index in [4.69, 9.17) is 16.0 Å². The summed E-state index contributed by atoms with van der Waals surface area (Å²) in [6, 6.07) is 3.31. The fraction of sp³-hybridized carbons (Fsp3) is 0.500. The summed E-state index contributed by atoms with van der Waals surface area (Å²) < 4.78 is 5.38. The predicted octanol–water partition coefficient (Wildman–Crippen LogP) is -0.420. The van der Waals surface area contributed by atoms with E-state index in [-0.39, 0.29) is 17.6 Å². The number of nitrogen functional groups attached to an aromatic ring is 1. The van der Waals surface area contributed by atoms with Gasteiger partial charge in [-0.25, -0.2) is 5.84 Å². The van der Waals surface area contributed by atoms with Crippen molar-refractivity contribution in [3.63, 3.8) is 0 Å². The standard InChI is InChI=1S/C12H18N4O3/c13-11(17)8-2-1-5-16(6-8)7-9-3-4-10(19-9)12(18)15-14/h3-4,8H,1-2,5-7,14H2,(H2,13,17)(H,15,18). The van der Waals surface area contributed by atoms with E-state index in [2.05, 4.69) is 4.90 Å². The Balaban J connectivity index is 1.95. The van der Waals surface area contributed by atoms with E-state index < -0.39 is 5.91 Å². The molecule has 5 N–H and O–H groups in total. The zero-order valence-corrected chi connectivity index (χ0v) is 10.6. The molecule has 1 unspecified atom stereocenters. The van der Waals surface area contributed by atoms with E-state index in [1.54, 1.807) is 12.1 Å². The number of likely N-dealkylation sites (tertiary alicyclic amines) is 1. The summed E-state index contributed by atoms with van der Waals surface area (Å²) in [7, 11) is 0. The van der Waals surface area contributed by atoms with Crippen LogP contribution in [-0.4, -0.2) is 29.8 Å². The third-order valence-corrected chi connectivity index (χ3v) is 3.30. The van der Waals surface area contributed by atoms with Crippen LogP contribution in [0, 0.1) is 5.92 Å². The minimum Gasteiger partial charge on any atom is -0.455 e. The molecule has 0 aliphatic carbocycles. The lowest BCUT2D eigenvalue weighted by molar-refractivity contribution is -0.123. The molecule has 0 radical (unpaired) electrons. The molecule has 2 heterocycles. The van der Waals surface area contributed by atoms with Crippen molar-refractivity contribution in [3.05, 3.63) is 23.7 Å². The highest BCUT2D eigenvalue weighted by atomic mass is 16.4. The van der Waals surface area contributed by atoms with E-state index in [0.717, 1.165) is 19.4 Å². The monoisotopic (exact) mass is 266 g/mol. The fourth-order valence-electron chi connectivity index (χ4n) is 2.31. The van der Waals surface area contributed by atoms with Gasteiger partial charge < -0.3 is 10.2 Å². The van der Waals surface area contributed by atoms with E-state index in [9.17, 15) is 9.59 Å². The summed E-state index contributed by atoms with van der Waals surface area (Å²) in [4.78, 5) is 24.5. The molecule has 7 heteroatoms. The average molecular weight is 266 g/mol. The van der Waals surface area contributed by atoms with Gasteiger partial charge in [0.2, 0.25) is 5.91 Å². The number of nitrogens with one attached hydrogen (secondary N) is 1. The Hall–Kier alpha value is -1.86. The third kappa shape index (κ3) is 3.33. The number of nitrogens with two attached hydrogens (primary N) is 2. The predicted molar refractivity (Wildman–Crippen MR) is 67.6 cm³/mol. The average Bonchev–Trinajstić information content (AvgIpc) is 2.86. The van der Waals surface area contributed by atoms with E-state index in [0.29, 0.717) is 18.8 Å². The van der Waals surface area contributed by atoms with Gasteiger partial charge in [-0.1, -0.05) is 0 Å². The molecule has 7 nitrogen and oxygen atoms in total. The number of nitrogens with zero attached hydrogens (tertiary/aromatic N) is 1. The van der Waals surface area contributed by atoms with Crippen molar-refractivity contribution in [1.29, 1.82) is 0 Å². The fourth-order valence-corrected chi connectivity index (χ4v) is 2.31. The number of piperidine rings is 1. The largest absolute Gasteiger partial charge is 0.455 e. The van der Waals surface area contributed by atoms with Gasteiger partial charge in [-0.3, -0.25) is 19.9 Å². The maximum Gasteiger partial charge on any atom is 0.300 e. The molecule has 2 amide bonds. The van der Waals surface area contributed by atoms with Crippen LogP contribution in [0.15, 0.2) is 16.5 Å².